The maximum absolute atomic E-state index is 13.6. The SMILES string of the molecule is O=C(Nc1ccccc1)C1CCN(C(=O)c2cc(F)c(Cl)cc2Cl)CC1. The van der Waals surface area contributed by atoms with Crippen LogP contribution in [-0.2, 0) is 4.79 Å². The third-order valence-electron chi connectivity index (χ3n) is 4.43. The van der Waals surface area contributed by atoms with Crippen molar-refractivity contribution in [3.8, 4) is 0 Å². The molecule has 1 heterocycles. The molecule has 7 heteroatoms. The third kappa shape index (κ3) is 4.17. The lowest BCUT2D eigenvalue weighted by Crippen LogP contribution is -2.41. The van der Waals surface area contributed by atoms with E-state index in [4.69, 9.17) is 23.2 Å². The van der Waals surface area contributed by atoms with Gasteiger partial charge < -0.3 is 10.2 Å². The van der Waals surface area contributed by atoms with Crippen LogP contribution in [0.5, 0.6) is 0 Å². The predicted octanol–water partition coefficient (Wildman–Crippen LogP) is 4.62. The van der Waals surface area contributed by atoms with Crippen molar-refractivity contribution < 1.29 is 14.0 Å². The Morgan fingerprint density at radius 2 is 1.69 bits per heavy atom. The summed E-state index contributed by atoms with van der Waals surface area (Å²) >= 11 is 11.7. The average molecular weight is 395 g/mol. The fourth-order valence-electron chi connectivity index (χ4n) is 2.97. The van der Waals surface area contributed by atoms with E-state index in [-0.39, 0.29) is 33.3 Å². The molecular weight excluding hydrogens is 378 g/mol. The van der Waals surface area contributed by atoms with Crippen LogP contribution in [0.1, 0.15) is 23.2 Å². The number of nitrogens with one attached hydrogen (secondary N) is 1. The summed E-state index contributed by atoms with van der Waals surface area (Å²) in [6, 6.07) is 11.5. The first-order valence-electron chi connectivity index (χ1n) is 8.25. The lowest BCUT2D eigenvalue weighted by atomic mass is 9.95. The molecule has 1 saturated heterocycles. The van der Waals surface area contributed by atoms with Gasteiger partial charge in [0.15, 0.2) is 0 Å². The van der Waals surface area contributed by atoms with E-state index in [0.717, 1.165) is 11.8 Å². The van der Waals surface area contributed by atoms with Crippen LogP contribution in [0, 0.1) is 11.7 Å². The second-order valence-electron chi connectivity index (χ2n) is 6.17. The van der Waals surface area contributed by atoms with E-state index in [2.05, 4.69) is 5.32 Å². The smallest absolute Gasteiger partial charge is 0.255 e. The van der Waals surface area contributed by atoms with Gasteiger partial charge in [0.05, 0.1) is 15.6 Å². The van der Waals surface area contributed by atoms with E-state index in [1.54, 1.807) is 4.90 Å². The van der Waals surface area contributed by atoms with E-state index in [1.165, 1.54) is 6.07 Å². The van der Waals surface area contributed by atoms with Gasteiger partial charge in [-0.3, -0.25) is 9.59 Å². The number of para-hydroxylation sites is 1. The topological polar surface area (TPSA) is 49.4 Å². The summed E-state index contributed by atoms with van der Waals surface area (Å²) in [5, 5.41) is 2.88. The van der Waals surface area contributed by atoms with Crippen molar-refractivity contribution in [2.75, 3.05) is 18.4 Å². The Morgan fingerprint density at radius 3 is 2.35 bits per heavy atom. The van der Waals surface area contributed by atoms with Gasteiger partial charge in [-0.1, -0.05) is 41.4 Å². The van der Waals surface area contributed by atoms with Crippen LogP contribution in [0.4, 0.5) is 10.1 Å². The molecule has 0 atom stereocenters. The molecule has 1 N–H and O–H groups in total. The van der Waals surface area contributed by atoms with Gasteiger partial charge in [-0.05, 0) is 37.1 Å². The van der Waals surface area contributed by atoms with Crippen LogP contribution >= 0.6 is 23.2 Å². The molecule has 0 unspecified atom stereocenters. The molecule has 0 bridgehead atoms. The van der Waals surface area contributed by atoms with Gasteiger partial charge in [0, 0.05) is 24.7 Å². The Morgan fingerprint density at radius 1 is 1.04 bits per heavy atom. The van der Waals surface area contributed by atoms with Crippen molar-refractivity contribution in [1.29, 1.82) is 0 Å². The lowest BCUT2D eigenvalue weighted by Gasteiger charge is -2.31. The molecule has 2 aromatic carbocycles. The second-order valence-corrected chi connectivity index (χ2v) is 6.98. The molecule has 0 radical (unpaired) electrons. The van der Waals surface area contributed by atoms with Crippen LogP contribution in [0.2, 0.25) is 10.0 Å². The minimum absolute atomic E-state index is 0.0566. The number of anilines is 1. The highest BCUT2D eigenvalue weighted by molar-refractivity contribution is 6.36. The zero-order valence-corrected chi connectivity index (χ0v) is 15.4. The average Bonchev–Trinajstić information content (AvgIpc) is 2.65. The van der Waals surface area contributed by atoms with Gasteiger partial charge in [-0.2, -0.15) is 0 Å². The summed E-state index contributed by atoms with van der Waals surface area (Å²) in [5.41, 5.74) is 0.834. The van der Waals surface area contributed by atoms with Gasteiger partial charge in [0.1, 0.15) is 5.82 Å². The molecule has 0 aliphatic carbocycles. The number of hydrogen-bond donors (Lipinski definition) is 1. The van der Waals surface area contributed by atoms with Crippen molar-refractivity contribution in [2.24, 2.45) is 5.92 Å². The summed E-state index contributed by atoms with van der Waals surface area (Å²) < 4.78 is 13.6. The highest BCUT2D eigenvalue weighted by atomic mass is 35.5. The Bertz CT molecular complexity index is 822. The van der Waals surface area contributed by atoms with Gasteiger partial charge >= 0.3 is 0 Å². The summed E-state index contributed by atoms with van der Waals surface area (Å²) in [7, 11) is 0. The number of rotatable bonds is 3. The number of hydrogen-bond acceptors (Lipinski definition) is 2. The lowest BCUT2D eigenvalue weighted by molar-refractivity contribution is -0.121. The van der Waals surface area contributed by atoms with Crippen molar-refractivity contribution in [3.05, 3.63) is 63.9 Å². The first-order chi connectivity index (χ1) is 12.5. The van der Waals surface area contributed by atoms with Gasteiger partial charge in [0.2, 0.25) is 5.91 Å². The van der Waals surface area contributed by atoms with Crippen molar-refractivity contribution in [1.82, 2.24) is 4.90 Å². The highest BCUT2D eigenvalue weighted by Crippen LogP contribution is 2.27. The Kier molecular flexibility index (Phi) is 5.79. The van der Waals surface area contributed by atoms with Crippen molar-refractivity contribution in [2.45, 2.75) is 12.8 Å². The fraction of sp³-hybridized carbons (Fsp3) is 0.263. The molecule has 0 saturated carbocycles. The van der Waals surface area contributed by atoms with Crippen LogP contribution < -0.4 is 5.32 Å². The standard InChI is InChI=1S/C19H17Cl2FN2O2/c20-15-11-16(21)17(22)10-14(15)19(26)24-8-6-12(7-9-24)18(25)23-13-4-2-1-3-5-13/h1-5,10-12H,6-9H2,(H,23,25). The number of halogens is 3. The first-order valence-corrected chi connectivity index (χ1v) is 9.01. The summed E-state index contributed by atoms with van der Waals surface area (Å²) in [6.07, 6.45) is 1.08. The van der Waals surface area contributed by atoms with Gasteiger partial charge in [0.25, 0.3) is 5.91 Å². The van der Waals surface area contributed by atoms with Crippen LogP contribution in [0.25, 0.3) is 0 Å². The highest BCUT2D eigenvalue weighted by Gasteiger charge is 2.29. The van der Waals surface area contributed by atoms with E-state index >= 15 is 0 Å². The Hall–Kier alpha value is -2.11. The number of piperidine rings is 1. The number of carbonyl (C=O) groups excluding carboxylic acids is 2. The number of carbonyl (C=O) groups is 2. The Labute approximate surface area is 160 Å². The number of nitrogens with zero attached hydrogens (tertiary/aromatic N) is 1. The van der Waals surface area contributed by atoms with Crippen molar-refractivity contribution in [3.63, 3.8) is 0 Å². The quantitative estimate of drug-likeness (QED) is 0.771. The fourth-order valence-corrected chi connectivity index (χ4v) is 3.43. The normalized spacial score (nSPS) is 15.0. The van der Waals surface area contributed by atoms with E-state index in [1.807, 2.05) is 30.3 Å². The van der Waals surface area contributed by atoms with Gasteiger partial charge in [-0.15, -0.1) is 0 Å². The van der Waals surface area contributed by atoms with Crippen molar-refractivity contribution >= 4 is 40.7 Å². The molecule has 1 fully saturated rings. The van der Waals surface area contributed by atoms with E-state index < -0.39 is 5.82 Å². The molecule has 2 aromatic rings. The minimum Gasteiger partial charge on any atom is -0.339 e. The minimum atomic E-state index is -0.684. The maximum Gasteiger partial charge on any atom is 0.255 e. The summed E-state index contributed by atoms with van der Waals surface area (Å²) in [5.74, 6) is -1.26. The van der Waals surface area contributed by atoms with Crippen LogP contribution in [0.15, 0.2) is 42.5 Å². The van der Waals surface area contributed by atoms with E-state index in [9.17, 15) is 14.0 Å². The first kappa shape index (κ1) is 18.7. The van der Waals surface area contributed by atoms with Crippen LogP contribution in [-0.4, -0.2) is 29.8 Å². The molecule has 0 aromatic heterocycles. The Balaban J connectivity index is 1.60. The monoisotopic (exact) mass is 394 g/mol. The van der Waals surface area contributed by atoms with Gasteiger partial charge in [-0.25, -0.2) is 4.39 Å². The molecule has 2 amide bonds. The molecular formula is C19H17Cl2FN2O2. The molecule has 1 aliphatic rings. The van der Waals surface area contributed by atoms with Crippen LogP contribution in [0.3, 0.4) is 0 Å². The zero-order chi connectivity index (χ0) is 18.7. The van der Waals surface area contributed by atoms with E-state index in [0.29, 0.717) is 25.9 Å². The zero-order valence-electron chi connectivity index (χ0n) is 13.8. The molecule has 26 heavy (non-hydrogen) atoms. The molecule has 0 spiro atoms. The molecule has 3 rings (SSSR count). The summed E-state index contributed by atoms with van der Waals surface area (Å²) in [6.45, 7) is 0.818. The largest absolute Gasteiger partial charge is 0.339 e. The number of benzene rings is 2. The predicted molar refractivity (Wildman–Crippen MR) is 100 cm³/mol. The molecule has 1 aliphatic heterocycles. The second kappa shape index (κ2) is 8.06. The summed E-state index contributed by atoms with van der Waals surface area (Å²) in [4.78, 5) is 26.5. The molecule has 4 nitrogen and oxygen atoms in total. The third-order valence-corrected chi connectivity index (χ3v) is 5.04. The number of likely N-dealkylation sites (tertiary alicyclic amines) is 1. The molecule has 136 valence electrons. The number of amides is 2. The maximum atomic E-state index is 13.6.